The summed E-state index contributed by atoms with van der Waals surface area (Å²) in [4.78, 5) is 2.31. The fourth-order valence-electron chi connectivity index (χ4n) is 7.85. The summed E-state index contributed by atoms with van der Waals surface area (Å²) >= 11 is 0. The third-order valence-electron chi connectivity index (χ3n) is 9.76. The van der Waals surface area contributed by atoms with Gasteiger partial charge in [0.25, 0.3) is 0 Å². The number of piperidine rings is 1. The highest BCUT2D eigenvalue weighted by Crippen LogP contribution is 2.59. The number of allylic oxidation sites excluding steroid dienone is 3. The molecule has 1 saturated heterocycles. The van der Waals surface area contributed by atoms with E-state index in [1.165, 1.54) is 31.3 Å². The summed E-state index contributed by atoms with van der Waals surface area (Å²) in [7, 11) is 0. The minimum Gasteiger partial charge on any atom is -0.393 e. The topological polar surface area (TPSA) is 43.7 Å². The molecular formula is C29H45F2NO2. The molecule has 0 aromatic rings. The highest BCUT2D eigenvalue weighted by atomic mass is 19.3. The molecule has 0 aromatic heterocycles. The van der Waals surface area contributed by atoms with Crippen molar-refractivity contribution in [1.82, 2.24) is 4.90 Å². The Kier molecular flexibility index (Phi) is 7.77. The summed E-state index contributed by atoms with van der Waals surface area (Å²) in [6.07, 6.45) is 11.6. The van der Waals surface area contributed by atoms with E-state index < -0.39 is 24.0 Å². The molecular weight excluding hydrogens is 432 g/mol. The monoisotopic (exact) mass is 477 g/mol. The number of halogens is 2. The van der Waals surface area contributed by atoms with Gasteiger partial charge < -0.3 is 15.1 Å². The van der Waals surface area contributed by atoms with Gasteiger partial charge >= 0.3 is 0 Å². The van der Waals surface area contributed by atoms with Gasteiger partial charge in [-0.15, -0.1) is 0 Å². The van der Waals surface area contributed by atoms with Crippen LogP contribution in [-0.2, 0) is 0 Å². The molecule has 0 aromatic carbocycles. The first-order valence-corrected chi connectivity index (χ1v) is 13.5. The standard InChI is InChI=1S/C29H45F2NO2/c1-19(17-32-14-6-8-23(18-32)29(4,30)31)25-11-12-26-21(7-5-13-28(25,26)3)9-10-22-15-24(33)16-27(34)20(22)2/h9-10,19,23-27,33-34H,2,5-8,11-18H2,1,3-4H3/b21-9+,22-10-/t19-,23+,24?,25-,26+,27?,28-/m1/s1. The van der Waals surface area contributed by atoms with E-state index in [9.17, 15) is 19.0 Å². The normalized spacial score (nSPS) is 41.1. The molecule has 4 fully saturated rings. The largest absolute Gasteiger partial charge is 0.393 e. The van der Waals surface area contributed by atoms with Gasteiger partial charge in [0.1, 0.15) is 0 Å². The lowest BCUT2D eigenvalue weighted by Crippen LogP contribution is -2.46. The Labute approximate surface area is 205 Å². The van der Waals surface area contributed by atoms with Gasteiger partial charge in [0, 0.05) is 25.4 Å². The van der Waals surface area contributed by atoms with Gasteiger partial charge in [-0.2, -0.15) is 0 Å². The highest BCUT2D eigenvalue weighted by molar-refractivity contribution is 5.38. The van der Waals surface area contributed by atoms with Crippen molar-refractivity contribution in [3.05, 3.63) is 35.5 Å². The summed E-state index contributed by atoms with van der Waals surface area (Å²) in [5, 5.41) is 20.3. The fraction of sp³-hybridized carbons (Fsp3) is 0.793. The van der Waals surface area contributed by atoms with Gasteiger partial charge in [-0.1, -0.05) is 38.2 Å². The highest BCUT2D eigenvalue weighted by Gasteiger charge is 2.51. The molecule has 4 aliphatic rings. The number of hydrogen-bond donors (Lipinski definition) is 2. The molecule has 192 valence electrons. The third kappa shape index (κ3) is 5.37. The van der Waals surface area contributed by atoms with E-state index in [-0.39, 0.29) is 5.41 Å². The van der Waals surface area contributed by atoms with Crippen LogP contribution in [0.3, 0.4) is 0 Å². The van der Waals surface area contributed by atoms with Gasteiger partial charge in [0.05, 0.1) is 12.2 Å². The molecule has 3 saturated carbocycles. The van der Waals surface area contributed by atoms with Crippen LogP contribution in [0, 0.1) is 29.1 Å². The van der Waals surface area contributed by atoms with Gasteiger partial charge in [0.2, 0.25) is 5.92 Å². The molecule has 0 amide bonds. The molecule has 0 spiro atoms. The lowest BCUT2D eigenvalue weighted by Gasteiger charge is -2.46. The molecule has 34 heavy (non-hydrogen) atoms. The molecule has 2 N–H and O–H groups in total. The lowest BCUT2D eigenvalue weighted by atomic mass is 9.61. The average Bonchev–Trinajstić information content (AvgIpc) is 3.12. The quantitative estimate of drug-likeness (QED) is 0.501. The van der Waals surface area contributed by atoms with E-state index >= 15 is 0 Å². The molecule has 3 aliphatic carbocycles. The van der Waals surface area contributed by atoms with Crippen LogP contribution in [0.4, 0.5) is 8.78 Å². The number of aliphatic hydroxyl groups is 2. The molecule has 0 bridgehead atoms. The zero-order valence-corrected chi connectivity index (χ0v) is 21.4. The zero-order valence-electron chi connectivity index (χ0n) is 21.4. The zero-order chi connectivity index (χ0) is 24.7. The van der Waals surface area contributed by atoms with E-state index in [1.807, 2.05) is 0 Å². The van der Waals surface area contributed by atoms with Crippen molar-refractivity contribution in [2.24, 2.45) is 29.1 Å². The molecule has 4 rings (SSSR count). The number of nitrogens with zero attached hydrogens (tertiary/aromatic N) is 1. The Balaban J connectivity index is 1.44. The molecule has 1 aliphatic heterocycles. The van der Waals surface area contributed by atoms with Crippen LogP contribution >= 0.6 is 0 Å². The molecule has 1 heterocycles. The predicted octanol–water partition coefficient (Wildman–Crippen LogP) is 6.13. The maximum atomic E-state index is 13.9. The minimum absolute atomic E-state index is 0.258. The third-order valence-corrected chi connectivity index (χ3v) is 9.76. The van der Waals surface area contributed by atoms with Crippen LogP contribution in [-0.4, -0.2) is 52.9 Å². The van der Waals surface area contributed by atoms with Crippen molar-refractivity contribution in [2.45, 2.75) is 96.7 Å². The first-order chi connectivity index (χ1) is 16.0. The van der Waals surface area contributed by atoms with E-state index in [4.69, 9.17) is 0 Å². The Morgan fingerprint density at radius 1 is 1.21 bits per heavy atom. The van der Waals surface area contributed by atoms with Gasteiger partial charge in [0.15, 0.2) is 0 Å². The summed E-state index contributed by atoms with van der Waals surface area (Å²) in [5.41, 5.74) is 3.48. The summed E-state index contributed by atoms with van der Waals surface area (Å²) in [6.45, 7) is 12.4. The maximum absolute atomic E-state index is 13.9. The Morgan fingerprint density at radius 2 is 1.97 bits per heavy atom. The Hall–Kier alpha value is -1.04. The van der Waals surface area contributed by atoms with E-state index in [0.717, 1.165) is 44.0 Å². The number of hydrogen-bond acceptors (Lipinski definition) is 3. The van der Waals surface area contributed by atoms with Crippen LogP contribution < -0.4 is 0 Å². The number of aliphatic hydroxyl groups excluding tert-OH is 2. The van der Waals surface area contributed by atoms with Crippen molar-refractivity contribution >= 4 is 0 Å². The molecule has 5 heteroatoms. The summed E-state index contributed by atoms with van der Waals surface area (Å²) in [6, 6.07) is 0. The summed E-state index contributed by atoms with van der Waals surface area (Å²) in [5.74, 6) is -1.42. The average molecular weight is 478 g/mol. The van der Waals surface area contributed by atoms with Crippen molar-refractivity contribution in [1.29, 1.82) is 0 Å². The van der Waals surface area contributed by atoms with Crippen LogP contribution in [0.2, 0.25) is 0 Å². The lowest BCUT2D eigenvalue weighted by molar-refractivity contribution is -0.0695. The first-order valence-electron chi connectivity index (χ1n) is 13.5. The molecule has 2 unspecified atom stereocenters. The predicted molar refractivity (Wildman–Crippen MR) is 134 cm³/mol. The van der Waals surface area contributed by atoms with Gasteiger partial charge in [-0.25, -0.2) is 8.78 Å². The minimum atomic E-state index is -2.58. The molecule has 3 nitrogen and oxygen atoms in total. The number of fused-ring (bicyclic) bond motifs is 1. The molecule has 7 atom stereocenters. The smallest absolute Gasteiger partial charge is 0.249 e. The fourth-order valence-corrected chi connectivity index (χ4v) is 7.85. The second kappa shape index (κ2) is 10.1. The van der Waals surface area contributed by atoms with Crippen LogP contribution in [0.1, 0.15) is 78.6 Å². The second-order valence-electron chi connectivity index (χ2n) is 12.2. The number of alkyl halides is 2. The van der Waals surface area contributed by atoms with Gasteiger partial charge in [-0.3, -0.25) is 0 Å². The summed E-state index contributed by atoms with van der Waals surface area (Å²) < 4.78 is 27.9. The number of rotatable bonds is 5. The first kappa shape index (κ1) is 26.0. The Morgan fingerprint density at radius 3 is 2.71 bits per heavy atom. The SMILES string of the molecule is C=C1/C(=C\C=C2/CCC[C@]3(C)[C@@H]([C@H](C)CN4CCC[C@H](C(C)(F)F)C4)CC[C@@H]23)CC(O)CC1O. The number of likely N-dealkylation sites (tertiary alicyclic amines) is 1. The van der Waals surface area contributed by atoms with E-state index in [2.05, 4.69) is 37.5 Å². The van der Waals surface area contributed by atoms with Crippen molar-refractivity contribution < 1.29 is 19.0 Å². The van der Waals surface area contributed by atoms with Crippen LogP contribution in [0.15, 0.2) is 35.5 Å². The maximum Gasteiger partial charge on any atom is 0.249 e. The van der Waals surface area contributed by atoms with E-state index in [1.54, 1.807) is 0 Å². The van der Waals surface area contributed by atoms with Crippen molar-refractivity contribution in [2.75, 3.05) is 19.6 Å². The van der Waals surface area contributed by atoms with Crippen molar-refractivity contribution in [3.63, 3.8) is 0 Å². The van der Waals surface area contributed by atoms with Crippen molar-refractivity contribution in [3.8, 4) is 0 Å². The van der Waals surface area contributed by atoms with E-state index in [0.29, 0.717) is 43.6 Å². The van der Waals surface area contributed by atoms with Gasteiger partial charge in [-0.05, 0) is 99.1 Å². The molecule has 0 radical (unpaired) electrons. The van der Waals surface area contributed by atoms with Crippen LogP contribution in [0.5, 0.6) is 0 Å². The second-order valence-corrected chi connectivity index (χ2v) is 12.2. The Bertz CT molecular complexity index is 815. The van der Waals surface area contributed by atoms with Crippen LogP contribution in [0.25, 0.3) is 0 Å².